The molecule has 21 heavy (non-hydrogen) atoms. The zero-order valence-electron chi connectivity index (χ0n) is 11.4. The van der Waals surface area contributed by atoms with Crippen LogP contribution in [0.1, 0.15) is 17.2 Å². The van der Waals surface area contributed by atoms with Crippen molar-refractivity contribution < 1.29 is 4.74 Å². The van der Waals surface area contributed by atoms with Gasteiger partial charge in [0.2, 0.25) is 0 Å². The maximum absolute atomic E-state index is 6.06. The second kappa shape index (κ2) is 7.47. The van der Waals surface area contributed by atoms with Gasteiger partial charge in [-0.3, -0.25) is 11.3 Å². The van der Waals surface area contributed by atoms with E-state index in [4.69, 9.17) is 33.8 Å². The first kappa shape index (κ1) is 16.6. The van der Waals surface area contributed by atoms with E-state index < -0.39 is 0 Å². The molecule has 112 valence electrons. The molecule has 3 N–H and O–H groups in total. The first-order valence-corrected chi connectivity index (χ1v) is 7.83. The van der Waals surface area contributed by atoms with Crippen LogP contribution in [-0.2, 0) is 6.42 Å². The molecular weight excluding hydrogens is 375 g/mol. The molecule has 0 amide bonds. The van der Waals surface area contributed by atoms with Gasteiger partial charge in [0.05, 0.1) is 18.2 Å². The number of methoxy groups -OCH3 is 1. The van der Waals surface area contributed by atoms with Gasteiger partial charge in [-0.2, -0.15) is 0 Å². The lowest BCUT2D eigenvalue weighted by atomic mass is 9.99. The zero-order chi connectivity index (χ0) is 15.4. The molecule has 1 atom stereocenters. The van der Waals surface area contributed by atoms with Crippen molar-refractivity contribution in [1.29, 1.82) is 0 Å². The van der Waals surface area contributed by atoms with Gasteiger partial charge in [-0.1, -0.05) is 29.3 Å². The first-order chi connectivity index (χ1) is 10.0. The summed E-state index contributed by atoms with van der Waals surface area (Å²) in [6, 6.07) is 11.2. The summed E-state index contributed by atoms with van der Waals surface area (Å²) in [5.74, 6) is 6.48. The monoisotopic (exact) mass is 388 g/mol. The third-order valence-electron chi connectivity index (χ3n) is 3.21. The largest absolute Gasteiger partial charge is 0.496 e. The summed E-state index contributed by atoms with van der Waals surface area (Å²) in [7, 11) is 1.64. The molecule has 2 aromatic rings. The molecule has 6 heteroatoms. The van der Waals surface area contributed by atoms with Gasteiger partial charge in [-0.05, 0) is 63.8 Å². The summed E-state index contributed by atoms with van der Waals surface area (Å²) >= 11 is 15.5. The van der Waals surface area contributed by atoms with Crippen LogP contribution in [0, 0.1) is 0 Å². The zero-order valence-corrected chi connectivity index (χ0v) is 14.5. The molecule has 0 spiro atoms. The molecule has 0 aliphatic heterocycles. The standard InChI is InChI=1S/C15H15BrCl2N2O/c1-21-15-5-3-11(17)6-10(15)8-14(20-19)9-2-4-13(18)12(16)7-9/h2-7,14,20H,8,19H2,1H3. The molecule has 0 aliphatic carbocycles. The molecular formula is C15H15BrCl2N2O. The summed E-state index contributed by atoms with van der Waals surface area (Å²) in [6.07, 6.45) is 0.647. The Labute approximate surface area is 142 Å². The Morgan fingerprint density at radius 1 is 1.24 bits per heavy atom. The number of halogens is 3. The summed E-state index contributed by atoms with van der Waals surface area (Å²) in [4.78, 5) is 0. The Balaban J connectivity index is 2.30. The van der Waals surface area contributed by atoms with Crippen LogP contribution >= 0.6 is 39.1 Å². The fourth-order valence-corrected chi connectivity index (χ4v) is 2.84. The minimum absolute atomic E-state index is 0.0778. The van der Waals surface area contributed by atoms with Crippen molar-refractivity contribution in [2.24, 2.45) is 5.84 Å². The Hall–Kier alpha value is -0.780. The SMILES string of the molecule is COc1ccc(Cl)cc1CC(NN)c1ccc(Cl)c(Br)c1. The van der Waals surface area contributed by atoms with Crippen LogP contribution in [0.3, 0.4) is 0 Å². The summed E-state index contributed by atoms with van der Waals surface area (Å²) in [5.41, 5.74) is 4.83. The van der Waals surface area contributed by atoms with Crippen LogP contribution < -0.4 is 16.0 Å². The third kappa shape index (κ3) is 4.11. The second-order valence-corrected chi connectivity index (χ2v) is 6.25. The van der Waals surface area contributed by atoms with E-state index in [0.717, 1.165) is 21.3 Å². The number of ether oxygens (including phenoxy) is 1. The van der Waals surface area contributed by atoms with E-state index in [0.29, 0.717) is 16.5 Å². The van der Waals surface area contributed by atoms with E-state index in [2.05, 4.69) is 21.4 Å². The van der Waals surface area contributed by atoms with E-state index in [1.165, 1.54) is 0 Å². The molecule has 0 saturated carbocycles. The number of nitrogens with two attached hydrogens (primary N) is 1. The second-order valence-electron chi connectivity index (χ2n) is 4.55. The van der Waals surface area contributed by atoms with Gasteiger partial charge in [0.15, 0.2) is 0 Å². The molecule has 0 fully saturated rings. The summed E-state index contributed by atoms with van der Waals surface area (Å²) in [6.45, 7) is 0. The topological polar surface area (TPSA) is 47.3 Å². The minimum atomic E-state index is -0.0778. The lowest BCUT2D eigenvalue weighted by Gasteiger charge is -2.19. The van der Waals surface area contributed by atoms with Gasteiger partial charge in [0.25, 0.3) is 0 Å². The Kier molecular flexibility index (Phi) is 5.90. The van der Waals surface area contributed by atoms with Gasteiger partial charge < -0.3 is 4.74 Å². The number of nitrogens with one attached hydrogen (secondary N) is 1. The van der Waals surface area contributed by atoms with Gasteiger partial charge in [-0.15, -0.1) is 0 Å². The first-order valence-electron chi connectivity index (χ1n) is 6.28. The van der Waals surface area contributed by atoms with Crippen molar-refractivity contribution in [3.8, 4) is 5.75 Å². The average Bonchev–Trinajstić information content (AvgIpc) is 2.48. The molecule has 0 aromatic heterocycles. The van der Waals surface area contributed by atoms with Gasteiger partial charge >= 0.3 is 0 Å². The van der Waals surface area contributed by atoms with Crippen molar-refractivity contribution in [1.82, 2.24) is 5.43 Å². The fraction of sp³-hybridized carbons (Fsp3) is 0.200. The molecule has 0 heterocycles. The Bertz CT molecular complexity index is 637. The highest BCUT2D eigenvalue weighted by atomic mass is 79.9. The van der Waals surface area contributed by atoms with Gasteiger partial charge in [0, 0.05) is 9.50 Å². The molecule has 0 aliphatic rings. The Morgan fingerprint density at radius 3 is 2.62 bits per heavy atom. The van der Waals surface area contributed by atoms with E-state index in [-0.39, 0.29) is 6.04 Å². The quantitative estimate of drug-likeness (QED) is 0.584. The minimum Gasteiger partial charge on any atom is -0.496 e. The lowest BCUT2D eigenvalue weighted by Crippen LogP contribution is -2.29. The average molecular weight is 390 g/mol. The van der Waals surface area contributed by atoms with Crippen molar-refractivity contribution in [3.05, 3.63) is 62.0 Å². The molecule has 0 radical (unpaired) electrons. The predicted molar refractivity (Wildman–Crippen MR) is 90.9 cm³/mol. The smallest absolute Gasteiger partial charge is 0.122 e. The van der Waals surface area contributed by atoms with E-state index in [9.17, 15) is 0 Å². The van der Waals surface area contributed by atoms with Crippen molar-refractivity contribution >= 4 is 39.1 Å². The molecule has 3 nitrogen and oxygen atoms in total. The van der Waals surface area contributed by atoms with Gasteiger partial charge in [0.1, 0.15) is 5.75 Å². The van der Waals surface area contributed by atoms with Crippen LogP contribution in [0.25, 0.3) is 0 Å². The predicted octanol–water partition coefficient (Wildman–Crippen LogP) is 4.51. The van der Waals surface area contributed by atoms with Crippen LogP contribution in [0.4, 0.5) is 0 Å². The molecule has 1 unspecified atom stereocenters. The number of hydrogen-bond acceptors (Lipinski definition) is 3. The van der Waals surface area contributed by atoms with Crippen molar-refractivity contribution in [2.75, 3.05) is 7.11 Å². The van der Waals surface area contributed by atoms with Crippen molar-refractivity contribution in [2.45, 2.75) is 12.5 Å². The van der Waals surface area contributed by atoms with Crippen molar-refractivity contribution in [3.63, 3.8) is 0 Å². The van der Waals surface area contributed by atoms with Crippen LogP contribution in [0.2, 0.25) is 10.0 Å². The normalized spacial score (nSPS) is 12.2. The highest BCUT2D eigenvalue weighted by molar-refractivity contribution is 9.10. The van der Waals surface area contributed by atoms with Crippen LogP contribution in [0.5, 0.6) is 5.75 Å². The van der Waals surface area contributed by atoms with E-state index >= 15 is 0 Å². The molecule has 0 bridgehead atoms. The molecule has 2 aromatic carbocycles. The number of benzene rings is 2. The summed E-state index contributed by atoms with van der Waals surface area (Å²) in [5, 5.41) is 1.33. The van der Waals surface area contributed by atoms with Crippen LogP contribution in [-0.4, -0.2) is 7.11 Å². The molecule has 2 rings (SSSR count). The number of rotatable bonds is 5. The molecule has 0 saturated heterocycles. The fourth-order valence-electron chi connectivity index (χ4n) is 2.13. The van der Waals surface area contributed by atoms with Gasteiger partial charge in [-0.25, -0.2) is 0 Å². The Morgan fingerprint density at radius 2 is 2.00 bits per heavy atom. The number of hydrazine groups is 1. The highest BCUT2D eigenvalue weighted by Gasteiger charge is 2.15. The number of hydrogen-bond donors (Lipinski definition) is 2. The maximum Gasteiger partial charge on any atom is 0.122 e. The third-order valence-corrected chi connectivity index (χ3v) is 4.66. The van der Waals surface area contributed by atoms with Crippen LogP contribution in [0.15, 0.2) is 40.9 Å². The lowest BCUT2D eigenvalue weighted by molar-refractivity contribution is 0.405. The maximum atomic E-state index is 6.06. The highest BCUT2D eigenvalue weighted by Crippen LogP contribution is 2.30. The van der Waals surface area contributed by atoms with E-state index in [1.807, 2.05) is 30.3 Å². The summed E-state index contributed by atoms with van der Waals surface area (Å²) < 4.78 is 6.20. The van der Waals surface area contributed by atoms with E-state index in [1.54, 1.807) is 13.2 Å².